The van der Waals surface area contributed by atoms with Gasteiger partial charge in [0.2, 0.25) is 5.91 Å². The van der Waals surface area contributed by atoms with Crippen molar-refractivity contribution in [1.29, 1.82) is 0 Å². The number of rotatable bonds is 2. The number of nitrogens with zero attached hydrogens (tertiary/aromatic N) is 3. The SMILES string of the molecule is O=C(Cc1nc2c(cnc3[nH]ccc32)[nH]1)N1CCC(O)C1. The second-order valence-corrected chi connectivity index (χ2v) is 5.40. The summed E-state index contributed by atoms with van der Waals surface area (Å²) in [6, 6.07) is 1.92. The standard InChI is InChI=1S/C14H15N5O2/c20-8-2-4-19(7-8)12(21)5-11-17-10-6-16-14-9(1-3-15-14)13(10)18-11/h1,3,6,8,20H,2,4-5,7H2,(H,15,16)(H,17,18). The molecule has 1 aliphatic heterocycles. The van der Waals surface area contributed by atoms with Crippen LogP contribution in [0.2, 0.25) is 0 Å². The normalized spacial score (nSPS) is 18.9. The molecule has 7 heteroatoms. The Hall–Kier alpha value is -2.41. The third-order valence-corrected chi connectivity index (χ3v) is 3.92. The maximum atomic E-state index is 12.2. The van der Waals surface area contributed by atoms with Gasteiger partial charge in [-0.15, -0.1) is 0 Å². The maximum absolute atomic E-state index is 12.2. The predicted octanol–water partition coefficient (Wildman–Crippen LogP) is 0.575. The summed E-state index contributed by atoms with van der Waals surface area (Å²) in [5.41, 5.74) is 2.44. The zero-order valence-corrected chi connectivity index (χ0v) is 11.3. The molecule has 7 nitrogen and oxygen atoms in total. The zero-order chi connectivity index (χ0) is 14.4. The van der Waals surface area contributed by atoms with Gasteiger partial charge in [0.15, 0.2) is 0 Å². The number of pyridine rings is 1. The molecule has 1 fully saturated rings. The molecule has 3 N–H and O–H groups in total. The highest BCUT2D eigenvalue weighted by molar-refractivity contribution is 6.00. The van der Waals surface area contributed by atoms with Gasteiger partial charge >= 0.3 is 0 Å². The number of hydrogen-bond donors (Lipinski definition) is 3. The Balaban J connectivity index is 1.63. The van der Waals surface area contributed by atoms with Gasteiger partial charge in [0.25, 0.3) is 0 Å². The van der Waals surface area contributed by atoms with Crippen molar-refractivity contribution in [1.82, 2.24) is 24.8 Å². The van der Waals surface area contributed by atoms with Crippen LogP contribution in [-0.2, 0) is 11.2 Å². The van der Waals surface area contributed by atoms with Gasteiger partial charge in [-0.25, -0.2) is 9.97 Å². The Kier molecular flexibility index (Phi) is 2.68. The van der Waals surface area contributed by atoms with Crippen molar-refractivity contribution in [2.45, 2.75) is 18.9 Å². The molecule has 108 valence electrons. The minimum absolute atomic E-state index is 0.0103. The van der Waals surface area contributed by atoms with Crippen LogP contribution in [0.5, 0.6) is 0 Å². The number of aliphatic hydroxyl groups is 1. The lowest BCUT2D eigenvalue weighted by Gasteiger charge is -2.14. The molecule has 0 spiro atoms. The summed E-state index contributed by atoms with van der Waals surface area (Å²) in [4.78, 5) is 28.9. The van der Waals surface area contributed by atoms with Gasteiger partial charge < -0.3 is 20.0 Å². The Morgan fingerprint density at radius 1 is 1.52 bits per heavy atom. The zero-order valence-electron chi connectivity index (χ0n) is 11.3. The minimum Gasteiger partial charge on any atom is -0.391 e. The van der Waals surface area contributed by atoms with E-state index in [9.17, 15) is 9.90 Å². The van der Waals surface area contributed by atoms with Gasteiger partial charge in [0.05, 0.1) is 24.2 Å². The number of nitrogens with one attached hydrogen (secondary N) is 2. The molecule has 3 aromatic heterocycles. The Morgan fingerprint density at radius 2 is 2.43 bits per heavy atom. The number of fused-ring (bicyclic) bond motifs is 3. The lowest BCUT2D eigenvalue weighted by molar-refractivity contribution is -0.129. The van der Waals surface area contributed by atoms with E-state index in [0.29, 0.717) is 25.3 Å². The lowest BCUT2D eigenvalue weighted by atomic mass is 10.3. The number of imidazole rings is 1. The van der Waals surface area contributed by atoms with Crippen molar-refractivity contribution in [2.24, 2.45) is 0 Å². The van der Waals surface area contributed by atoms with E-state index < -0.39 is 6.10 Å². The van der Waals surface area contributed by atoms with E-state index in [2.05, 4.69) is 19.9 Å². The highest BCUT2D eigenvalue weighted by atomic mass is 16.3. The summed E-state index contributed by atoms with van der Waals surface area (Å²) in [5.74, 6) is 0.621. The molecule has 0 aliphatic carbocycles. The molecule has 0 saturated carbocycles. The first-order valence-electron chi connectivity index (χ1n) is 6.97. The van der Waals surface area contributed by atoms with Gasteiger partial charge in [0.1, 0.15) is 17.0 Å². The van der Waals surface area contributed by atoms with Crippen LogP contribution >= 0.6 is 0 Å². The number of aliphatic hydroxyl groups excluding tert-OH is 1. The molecule has 4 rings (SSSR count). The van der Waals surface area contributed by atoms with Crippen molar-refractivity contribution in [2.75, 3.05) is 13.1 Å². The first-order valence-corrected chi connectivity index (χ1v) is 6.97. The van der Waals surface area contributed by atoms with Crippen molar-refractivity contribution < 1.29 is 9.90 Å². The van der Waals surface area contributed by atoms with Crippen LogP contribution in [-0.4, -0.2) is 55.0 Å². The Morgan fingerprint density at radius 3 is 3.24 bits per heavy atom. The minimum atomic E-state index is -0.395. The molecule has 1 unspecified atom stereocenters. The number of carbonyl (C=O) groups is 1. The van der Waals surface area contributed by atoms with E-state index in [1.807, 2.05) is 12.3 Å². The number of amides is 1. The van der Waals surface area contributed by atoms with Crippen LogP contribution in [0.1, 0.15) is 12.2 Å². The second-order valence-electron chi connectivity index (χ2n) is 5.40. The van der Waals surface area contributed by atoms with Crippen molar-refractivity contribution in [3.8, 4) is 0 Å². The molecular weight excluding hydrogens is 270 g/mol. The third kappa shape index (κ3) is 2.06. The van der Waals surface area contributed by atoms with Gasteiger partial charge in [-0.3, -0.25) is 4.79 Å². The summed E-state index contributed by atoms with van der Waals surface area (Å²) in [5, 5.41) is 10.4. The topological polar surface area (TPSA) is 97.9 Å². The lowest BCUT2D eigenvalue weighted by Crippen LogP contribution is -2.31. The van der Waals surface area contributed by atoms with Crippen molar-refractivity contribution in [3.05, 3.63) is 24.3 Å². The molecule has 1 atom stereocenters. The molecule has 3 aromatic rings. The van der Waals surface area contributed by atoms with Gasteiger partial charge in [0, 0.05) is 24.7 Å². The van der Waals surface area contributed by atoms with Gasteiger partial charge in [-0.2, -0.15) is 0 Å². The number of aromatic amines is 2. The number of H-pyrrole nitrogens is 2. The maximum Gasteiger partial charge on any atom is 0.230 e. The highest BCUT2D eigenvalue weighted by Crippen LogP contribution is 2.21. The fourth-order valence-corrected chi connectivity index (χ4v) is 2.83. The number of aromatic nitrogens is 4. The molecule has 0 bridgehead atoms. The fraction of sp³-hybridized carbons (Fsp3) is 0.357. The summed E-state index contributed by atoms with van der Waals surface area (Å²) in [7, 11) is 0. The van der Waals surface area contributed by atoms with Crippen LogP contribution < -0.4 is 0 Å². The largest absolute Gasteiger partial charge is 0.391 e. The number of hydrogen-bond acceptors (Lipinski definition) is 4. The molecule has 0 aromatic carbocycles. The van der Waals surface area contributed by atoms with Crippen LogP contribution in [0, 0.1) is 0 Å². The average Bonchev–Trinajstić information content (AvgIpc) is 3.14. The van der Waals surface area contributed by atoms with E-state index in [-0.39, 0.29) is 12.3 Å². The first kappa shape index (κ1) is 12.3. The van der Waals surface area contributed by atoms with Crippen LogP contribution in [0.15, 0.2) is 18.5 Å². The van der Waals surface area contributed by atoms with E-state index in [4.69, 9.17) is 0 Å². The molecule has 1 saturated heterocycles. The molecular formula is C14H15N5O2. The van der Waals surface area contributed by atoms with Crippen LogP contribution in [0.3, 0.4) is 0 Å². The monoisotopic (exact) mass is 285 g/mol. The third-order valence-electron chi connectivity index (χ3n) is 3.92. The molecule has 1 aliphatic rings. The molecule has 4 heterocycles. The predicted molar refractivity (Wildman–Crippen MR) is 76.7 cm³/mol. The van der Waals surface area contributed by atoms with Crippen molar-refractivity contribution in [3.63, 3.8) is 0 Å². The summed E-state index contributed by atoms with van der Waals surface area (Å²) in [6.07, 6.45) is 4.01. The smallest absolute Gasteiger partial charge is 0.230 e. The second kappa shape index (κ2) is 4.56. The van der Waals surface area contributed by atoms with Crippen molar-refractivity contribution >= 4 is 28.0 Å². The van der Waals surface area contributed by atoms with E-state index in [0.717, 1.165) is 22.1 Å². The number of likely N-dealkylation sites (tertiary alicyclic amines) is 1. The van der Waals surface area contributed by atoms with Crippen LogP contribution in [0.4, 0.5) is 0 Å². The molecule has 0 radical (unpaired) electrons. The molecule has 21 heavy (non-hydrogen) atoms. The quantitative estimate of drug-likeness (QED) is 0.641. The van der Waals surface area contributed by atoms with Gasteiger partial charge in [-0.1, -0.05) is 0 Å². The Labute approximate surface area is 120 Å². The number of β-amino-alcohol motifs (C(OH)–C–C–N with tert-alkyl or cyclic N) is 1. The number of carbonyl (C=O) groups excluding carboxylic acids is 1. The summed E-state index contributed by atoms with van der Waals surface area (Å²) >= 11 is 0. The Bertz CT molecular complexity index is 821. The fourth-order valence-electron chi connectivity index (χ4n) is 2.83. The summed E-state index contributed by atoms with van der Waals surface area (Å²) < 4.78 is 0. The summed E-state index contributed by atoms with van der Waals surface area (Å²) in [6.45, 7) is 1.03. The first-order chi connectivity index (χ1) is 10.2. The van der Waals surface area contributed by atoms with Crippen LogP contribution in [0.25, 0.3) is 22.1 Å². The average molecular weight is 285 g/mol. The highest BCUT2D eigenvalue weighted by Gasteiger charge is 2.25. The van der Waals surface area contributed by atoms with E-state index >= 15 is 0 Å². The van der Waals surface area contributed by atoms with Gasteiger partial charge in [-0.05, 0) is 12.5 Å². The van der Waals surface area contributed by atoms with E-state index in [1.165, 1.54) is 0 Å². The van der Waals surface area contributed by atoms with E-state index in [1.54, 1.807) is 11.1 Å². The molecule has 1 amide bonds.